The Morgan fingerprint density at radius 1 is 1.30 bits per heavy atom. The van der Waals surface area contributed by atoms with Crippen LogP contribution < -0.4 is 10.1 Å². The van der Waals surface area contributed by atoms with Crippen LogP contribution in [0.4, 0.5) is 14.9 Å². The number of hydrogen-bond acceptors (Lipinski definition) is 4. The largest absolute Gasteiger partial charge is 0.481 e. The summed E-state index contributed by atoms with van der Waals surface area (Å²) in [7, 11) is 1.56. The van der Waals surface area contributed by atoms with Crippen LogP contribution in [0.1, 0.15) is 24.9 Å². The third-order valence-electron chi connectivity index (χ3n) is 4.89. The highest BCUT2D eigenvalue weighted by molar-refractivity contribution is 6.31. The lowest BCUT2D eigenvalue weighted by molar-refractivity contribution is 0.182. The van der Waals surface area contributed by atoms with Gasteiger partial charge < -0.3 is 20.1 Å². The summed E-state index contributed by atoms with van der Waals surface area (Å²) >= 11 is 5.82. The minimum absolute atomic E-state index is 0.0551. The van der Waals surface area contributed by atoms with Crippen molar-refractivity contribution < 1.29 is 19.0 Å². The second kappa shape index (κ2) is 9.73. The van der Waals surface area contributed by atoms with Gasteiger partial charge in [0, 0.05) is 36.0 Å². The molecule has 0 saturated carbocycles. The minimum Gasteiger partial charge on any atom is -0.481 e. The molecule has 0 unspecified atom stereocenters. The normalized spacial score (nSPS) is 11.9. The molecule has 0 aliphatic rings. The number of anilines is 1. The summed E-state index contributed by atoms with van der Waals surface area (Å²) in [5.41, 5.74) is 1.22. The number of aromatic nitrogens is 1. The van der Waals surface area contributed by atoms with Gasteiger partial charge in [0.1, 0.15) is 5.82 Å². The van der Waals surface area contributed by atoms with Gasteiger partial charge in [-0.25, -0.2) is 14.2 Å². The number of hydrogen-bond donors (Lipinski definition) is 2. The van der Waals surface area contributed by atoms with Crippen molar-refractivity contribution in [3.8, 4) is 5.88 Å². The SMILES string of the molecule is COc1ncc([C@H](C)N(CCCO)C(=O)Nc2ccc(F)c(Cl)c2)c2ccccc12. The van der Waals surface area contributed by atoms with Crippen molar-refractivity contribution in [3.63, 3.8) is 0 Å². The molecule has 0 aliphatic heterocycles. The number of fused-ring (bicyclic) bond motifs is 1. The lowest BCUT2D eigenvalue weighted by atomic mass is 10.0. The Labute approximate surface area is 179 Å². The monoisotopic (exact) mass is 431 g/mol. The Hall–Kier alpha value is -2.90. The van der Waals surface area contributed by atoms with E-state index in [1.54, 1.807) is 18.2 Å². The molecule has 2 N–H and O–H groups in total. The molecule has 0 radical (unpaired) electrons. The van der Waals surface area contributed by atoms with Crippen LogP contribution in [0.5, 0.6) is 5.88 Å². The van der Waals surface area contributed by atoms with E-state index in [9.17, 15) is 14.3 Å². The Balaban J connectivity index is 1.94. The van der Waals surface area contributed by atoms with E-state index in [-0.39, 0.29) is 17.7 Å². The number of halogens is 2. The van der Waals surface area contributed by atoms with Crippen LogP contribution in [0.15, 0.2) is 48.7 Å². The summed E-state index contributed by atoms with van der Waals surface area (Å²) < 4.78 is 18.8. The predicted octanol–water partition coefficient (Wildman–Crippen LogP) is 5.01. The number of amides is 2. The van der Waals surface area contributed by atoms with Gasteiger partial charge in [-0.05, 0) is 43.0 Å². The van der Waals surface area contributed by atoms with Crippen molar-refractivity contribution in [2.75, 3.05) is 25.6 Å². The lowest BCUT2D eigenvalue weighted by Crippen LogP contribution is -2.38. The van der Waals surface area contributed by atoms with Crippen LogP contribution in [0.2, 0.25) is 5.02 Å². The maximum atomic E-state index is 13.4. The fourth-order valence-corrected chi connectivity index (χ4v) is 3.51. The van der Waals surface area contributed by atoms with Crippen molar-refractivity contribution in [1.82, 2.24) is 9.88 Å². The van der Waals surface area contributed by atoms with Gasteiger partial charge in [0.25, 0.3) is 0 Å². The zero-order valence-electron chi connectivity index (χ0n) is 16.7. The number of urea groups is 1. The second-order valence-corrected chi connectivity index (χ2v) is 7.18. The summed E-state index contributed by atoms with van der Waals surface area (Å²) in [6.07, 6.45) is 2.10. The van der Waals surface area contributed by atoms with Crippen LogP contribution in [0.25, 0.3) is 10.8 Å². The van der Waals surface area contributed by atoms with Crippen molar-refractivity contribution >= 4 is 34.1 Å². The van der Waals surface area contributed by atoms with Crippen molar-refractivity contribution in [3.05, 3.63) is 65.1 Å². The molecule has 0 saturated heterocycles. The number of carbonyl (C=O) groups is 1. The Morgan fingerprint density at radius 2 is 2.03 bits per heavy atom. The molecule has 0 bridgehead atoms. The van der Waals surface area contributed by atoms with E-state index < -0.39 is 11.8 Å². The molecule has 2 amide bonds. The Bertz CT molecular complexity index is 1050. The minimum atomic E-state index is -0.559. The summed E-state index contributed by atoms with van der Waals surface area (Å²) in [5.74, 6) is -0.0511. The van der Waals surface area contributed by atoms with Crippen molar-refractivity contribution in [2.24, 2.45) is 0 Å². The molecule has 1 heterocycles. The maximum absolute atomic E-state index is 13.4. The molecule has 0 spiro atoms. The predicted molar refractivity (Wildman–Crippen MR) is 116 cm³/mol. The summed E-state index contributed by atoms with van der Waals surface area (Å²) in [4.78, 5) is 19.0. The van der Waals surface area contributed by atoms with Gasteiger partial charge in [0.15, 0.2) is 0 Å². The van der Waals surface area contributed by atoms with Crippen LogP contribution in [-0.4, -0.2) is 41.3 Å². The van der Waals surface area contributed by atoms with Crippen LogP contribution in [-0.2, 0) is 0 Å². The molecule has 3 aromatic rings. The van der Waals surface area contributed by atoms with Gasteiger partial charge in [0.05, 0.1) is 18.2 Å². The molecule has 158 valence electrons. The zero-order valence-corrected chi connectivity index (χ0v) is 17.5. The topological polar surface area (TPSA) is 74.7 Å². The van der Waals surface area contributed by atoms with E-state index in [2.05, 4.69) is 10.3 Å². The number of aliphatic hydroxyl groups is 1. The second-order valence-electron chi connectivity index (χ2n) is 6.77. The first kappa shape index (κ1) is 21.8. The van der Waals surface area contributed by atoms with E-state index in [1.807, 2.05) is 31.2 Å². The Kier molecular flexibility index (Phi) is 7.07. The molecule has 6 nitrogen and oxygen atoms in total. The average Bonchev–Trinajstić information content (AvgIpc) is 2.75. The molecular formula is C22H23ClFN3O3. The molecule has 1 aromatic heterocycles. The van der Waals surface area contributed by atoms with Gasteiger partial charge >= 0.3 is 6.03 Å². The summed E-state index contributed by atoms with van der Waals surface area (Å²) in [6, 6.07) is 10.9. The third kappa shape index (κ3) is 4.63. The number of rotatable bonds is 7. The number of ether oxygens (including phenoxy) is 1. The van der Waals surface area contributed by atoms with Gasteiger partial charge in [0.2, 0.25) is 5.88 Å². The highest BCUT2D eigenvalue weighted by Gasteiger charge is 2.24. The standard InChI is InChI=1S/C22H23ClFN3O3/c1-14(18-13-25-21(30-2)17-7-4-3-6-16(17)18)27(10-5-11-28)22(29)26-15-8-9-20(24)19(23)12-15/h3-4,6-9,12-14,28H,5,10-11H2,1-2H3,(H,26,29)/t14-/m0/s1. The summed E-state index contributed by atoms with van der Waals surface area (Å²) in [6.45, 7) is 2.16. The zero-order chi connectivity index (χ0) is 21.7. The van der Waals surface area contributed by atoms with E-state index >= 15 is 0 Å². The van der Waals surface area contributed by atoms with Crippen molar-refractivity contribution in [1.29, 1.82) is 0 Å². The number of methoxy groups -OCH3 is 1. The third-order valence-corrected chi connectivity index (χ3v) is 5.18. The van der Waals surface area contributed by atoms with Crippen LogP contribution >= 0.6 is 11.6 Å². The summed E-state index contributed by atoms with van der Waals surface area (Å²) in [5, 5.41) is 13.7. The fraction of sp³-hybridized carbons (Fsp3) is 0.273. The van der Waals surface area contributed by atoms with E-state index in [1.165, 1.54) is 18.2 Å². The Morgan fingerprint density at radius 3 is 2.70 bits per heavy atom. The van der Waals surface area contributed by atoms with Gasteiger partial charge in [-0.3, -0.25) is 0 Å². The molecule has 0 fully saturated rings. The van der Waals surface area contributed by atoms with Crippen molar-refractivity contribution in [2.45, 2.75) is 19.4 Å². The van der Waals surface area contributed by atoms with Crippen LogP contribution in [0, 0.1) is 5.82 Å². The quantitative estimate of drug-likeness (QED) is 0.551. The van der Waals surface area contributed by atoms with E-state index in [0.29, 0.717) is 24.5 Å². The number of nitrogens with zero attached hydrogens (tertiary/aromatic N) is 2. The van der Waals surface area contributed by atoms with Gasteiger partial charge in [-0.2, -0.15) is 0 Å². The number of carbonyl (C=O) groups excluding carboxylic acids is 1. The van der Waals surface area contributed by atoms with E-state index in [0.717, 1.165) is 16.3 Å². The first-order chi connectivity index (χ1) is 14.5. The number of nitrogens with one attached hydrogen (secondary N) is 1. The van der Waals surface area contributed by atoms with Gasteiger partial charge in [-0.15, -0.1) is 0 Å². The maximum Gasteiger partial charge on any atom is 0.322 e. The smallest absolute Gasteiger partial charge is 0.322 e. The molecule has 0 aliphatic carbocycles. The first-order valence-corrected chi connectivity index (χ1v) is 9.89. The molecule has 3 rings (SSSR count). The number of benzene rings is 2. The van der Waals surface area contributed by atoms with E-state index in [4.69, 9.17) is 16.3 Å². The molecule has 30 heavy (non-hydrogen) atoms. The van der Waals surface area contributed by atoms with Crippen LogP contribution in [0.3, 0.4) is 0 Å². The average molecular weight is 432 g/mol. The lowest BCUT2D eigenvalue weighted by Gasteiger charge is -2.30. The number of aliphatic hydroxyl groups excluding tert-OH is 1. The first-order valence-electron chi connectivity index (χ1n) is 9.51. The molecular weight excluding hydrogens is 409 g/mol. The highest BCUT2D eigenvalue weighted by atomic mass is 35.5. The molecule has 8 heteroatoms. The highest BCUT2D eigenvalue weighted by Crippen LogP contribution is 2.32. The molecule has 1 atom stereocenters. The fourth-order valence-electron chi connectivity index (χ4n) is 3.33. The number of pyridine rings is 1. The van der Waals surface area contributed by atoms with Gasteiger partial charge in [-0.1, -0.05) is 29.8 Å². The molecule has 2 aromatic carbocycles.